The standard InChI is InChI=1S/C13H20FN3O/c1-15-8-13(18)16-7-10-4-5-12(14)11(6-10)9-17(2)3/h4-6,15H,7-9H2,1-3H3,(H,16,18). The van der Waals surface area contributed by atoms with Crippen LogP contribution in [-0.2, 0) is 17.9 Å². The number of benzene rings is 1. The maximum atomic E-state index is 13.5. The van der Waals surface area contributed by atoms with E-state index in [1.54, 1.807) is 19.2 Å². The number of halogens is 1. The number of rotatable bonds is 6. The van der Waals surface area contributed by atoms with Crippen molar-refractivity contribution in [1.29, 1.82) is 0 Å². The Morgan fingerprint density at radius 1 is 1.39 bits per heavy atom. The molecule has 5 heteroatoms. The molecule has 0 aliphatic carbocycles. The van der Waals surface area contributed by atoms with E-state index in [9.17, 15) is 9.18 Å². The van der Waals surface area contributed by atoms with Crippen LogP contribution in [-0.4, -0.2) is 38.5 Å². The number of likely N-dealkylation sites (N-methyl/N-ethyl adjacent to an activating group) is 1. The van der Waals surface area contributed by atoms with Gasteiger partial charge in [-0.1, -0.05) is 6.07 Å². The summed E-state index contributed by atoms with van der Waals surface area (Å²) in [6, 6.07) is 4.92. The van der Waals surface area contributed by atoms with Crippen molar-refractivity contribution in [2.45, 2.75) is 13.1 Å². The van der Waals surface area contributed by atoms with Gasteiger partial charge in [0.2, 0.25) is 5.91 Å². The number of hydrogen-bond acceptors (Lipinski definition) is 3. The van der Waals surface area contributed by atoms with E-state index >= 15 is 0 Å². The Kier molecular flexibility index (Phi) is 5.74. The van der Waals surface area contributed by atoms with Gasteiger partial charge in [0.15, 0.2) is 0 Å². The van der Waals surface area contributed by atoms with E-state index in [1.807, 2.05) is 19.0 Å². The number of carbonyl (C=O) groups excluding carboxylic acids is 1. The third kappa shape index (κ3) is 4.81. The molecule has 1 aromatic rings. The molecule has 0 radical (unpaired) electrons. The molecule has 1 rings (SSSR count). The van der Waals surface area contributed by atoms with Crippen molar-refractivity contribution >= 4 is 5.91 Å². The van der Waals surface area contributed by atoms with Crippen LogP contribution in [0.3, 0.4) is 0 Å². The summed E-state index contributed by atoms with van der Waals surface area (Å²) in [6.45, 7) is 1.25. The summed E-state index contributed by atoms with van der Waals surface area (Å²) >= 11 is 0. The zero-order chi connectivity index (χ0) is 13.5. The van der Waals surface area contributed by atoms with Gasteiger partial charge in [0, 0.05) is 18.7 Å². The van der Waals surface area contributed by atoms with E-state index in [2.05, 4.69) is 10.6 Å². The van der Waals surface area contributed by atoms with Crippen LogP contribution in [0.2, 0.25) is 0 Å². The molecule has 0 aliphatic heterocycles. The highest BCUT2D eigenvalue weighted by Gasteiger charge is 2.06. The lowest BCUT2D eigenvalue weighted by Gasteiger charge is -2.12. The Hall–Kier alpha value is -1.46. The van der Waals surface area contributed by atoms with Gasteiger partial charge < -0.3 is 15.5 Å². The predicted octanol–water partition coefficient (Wildman–Crippen LogP) is 0.723. The molecule has 0 atom stereocenters. The summed E-state index contributed by atoms with van der Waals surface area (Å²) in [5.74, 6) is -0.287. The normalized spacial score (nSPS) is 10.7. The van der Waals surface area contributed by atoms with E-state index in [0.717, 1.165) is 5.56 Å². The summed E-state index contributed by atoms with van der Waals surface area (Å²) in [6.07, 6.45) is 0. The number of nitrogens with one attached hydrogen (secondary N) is 2. The monoisotopic (exact) mass is 253 g/mol. The molecule has 0 saturated carbocycles. The Morgan fingerprint density at radius 2 is 2.11 bits per heavy atom. The quantitative estimate of drug-likeness (QED) is 0.785. The van der Waals surface area contributed by atoms with E-state index in [1.165, 1.54) is 6.07 Å². The number of carbonyl (C=O) groups is 1. The van der Waals surface area contributed by atoms with Gasteiger partial charge in [-0.05, 0) is 38.8 Å². The second kappa shape index (κ2) is 7.08. The van der Waals surface area contributed by atoms with Gasteiger partial charge in [-0.15, -0.1) is 0 Å². The fourth-order valence-corrected chi connectivity index (χ4v) is 1.62. The first-order valence-electron chi connectivity index (χ1n) is 5.86. The highest BCUT2D eigenvalue weighted by atomic mass is 19.1. The van der Waals surface area contributed by atoms with Gasteiger partial charge in [0.25, 0.3) is 0 Å². The van der Waals surface area contributed by atoms with Gasteiger partial charge in [-0.2, -0.15) is 0 Å². The van der Waals surface area contributed by atoms with Crippen molar-refractivity contribution in [2.75, 3.05) is 27.7 Å². The van der Waals surface area contributed by atoms with Gasteiger partial charge in [-0.25, -0.2) is 4.39 Å². The lowest BCUT2D eigenvalue weighted by Crippen LogP contribution is -2.31. The Balaban J connectivity index is 2.64. The molecule has 0 aromatic heterocycles. The van der Waals surface area contributed by atoms with Crippen LogP contribution in [0.4, 0.5) is 4.39 Å². The van der Waals surface area contributed by atoms with Crippen molar-refractivity contribution in [1.82, 2.24) is 15.5 Å². The van der Waals surface area contributed by atoms with Crippen LogP contribution >= 0.6 is 0 Å². The zero-order valence-electron chi connectivity index (χ0n) is 11.1. The summed E-state index contributed by atoms with van der Waals surface area (Å²) in [5.41, 5.74) is 1.54. The highest BCUT2D eigenvalue weighted by molar-refractivity contribution is 5.77. The molecule has 0 unspecified atom stereocenters. The van der Waals surface area contributed by atoms with Crippen molar-refractivity contribution in [2.24, 2.45) is 0 Å². The first-order chi connectivity index (χ1) is 8.52. The zero-order valence-corrected chi connectivity index (χ0v) is 11.1. The molecule has 4 nitrogen and oxygen atoms in total. The predicted molar refractivity (Wildman–Crippen MR) is 69.6 cm³/mol. The molecular weight excluding hydrogens is 233 g/mol. The van der Waals surface area contributed by atoms with Crippen molar-refractivity contribution in [3.63, 3.8) is 0 Å². The first-order valence-corrected chi connectivity index (χ1v) is 5.86. The average Bonchev–Trinajstić information content (AvgIpc) is 2.30. The molecule has 0 heterocycles. The Bertz CT molecular complexity index is 407. The second-order valence-corrected chi connectivity index (χ2v) is 4.47. The molecular formula is C13H20FN3O. The molecule has 0 saturated heterocycles. The SMILES string of the molecule is CNCC(=O)NCc1ccc(F)c(CN(C)C)c1. The maximum absolute atomic E-state index is 13.5. The minimum atomic E-state index is -0.214. The van der Waals surface area contributed by atoms with E-state index < -0.39 is 0 Å². The molecule has 0 fully saturated rings. The maximum Gasteiger partial charge on any atom is 0.234 e. The molecule has 2 N–H and O–H groups in total. The third-order valence-corrected chi connectivity index (χ3v) is 2.42. The molecule has 1 amide bonds. The van der Waals surface area contributed by atoms with Crippen molar-refractivity contribution in [3.05, 3.63) is 35.1 Å². The smallest absolute Gasteiger partial charge is 0.234 e. The number of nitrogens with zero attached hydrogens (tertiary/aromatic N) is 1. The van der Waals surface area contributed by atoms with Gasteiger partial charge in [0.1, 0.15) is 5.82 Å². The van der Waals surface area contributed by atoms with Crippen LogP contribution in [0.1, 0.15) is 11.1 Å². The highest BCUT2D eigenvalue weighted by Crippen LogP contribution is 2.12. The molecule has 1 aromatic carbocycles. The summed E-state index contributed by atoms with van der Waals surface area (Å²) in [4.78, 5) is 13.2. The molecule has 18 heavy (non-hydrogen) atoms. The fourth-order valence-electron chi connectivity index (χ4n) is 1.62. The van der Waals surface area contributed by atoms with Crippen LogP contribution in [0.5, 0.6) is 0 Å². The lowest BCUT2D eigenvalue weighted by molar-refractivity contribution is -0.120. The summed E-state index contributed by atoms with van der Waals surface area (Å²) in [7, 11) is 5.49. The van der Waals surface area contributed by atoms with Crippen molar-refractivity contribution < 1.29 is 9.18 Å². The summed E-state index contributed by atoms with van der Waals surface area (Å²) in [5, 5.41) is 5.53. The minimum absolute atomic E-state index is 0.0732. The van der Waals surface area contributed by atoms with Gasteiger partial charge in [0.05, 0.1) is 6.54 Å². The molecule has 0 aliphatic rings. The summed E-state index contributed by atoms with van der Waals surface area (Å²) < 4.78 is 13.5. The van der Waals surface area contributed by atoms with Gasteiger partial charge in [-0.3, -0.25) is 4.79 Å². The van der Waals surface area contributed by atoms with Crippen LogP contribution in [0.25, 0.3) is 0 Å². The lowest BCUT2D eigenvalue weighted by atomic mass is 10.1. The Morgan fingerprint density at radius 3 is 2.72 bits per heavy atom. The first kappa shape index (κ1) is 14.6. The largest absolute Gasteiger partial charge is 0.351 e. The number of amides is 1. The van der Waals surface area contributed by atoms with Gasteiger partial charge >= 0.3 is 0 Å². The van der Waals surface area contributed by atoms with Crippen molar-refractivity contribution in [3.8, 4) is 0 Å². The minimum Gasteiger partial charge on any atom is -0.351 e. The number of hydrogen-bond donors (Lipinski definition) is 2. The molecule has 0 spiro atoms. The molecule has 100 valence electrons. The van der Waals surface area contributed by atoms with E-state index in [4.69, 9.17) is 0 Å². The fraction of sp³-hybridized carbons (Fsp3) is 0.462. The van der Waals surface area contributed by atoms with E-state index in [0.29, 0.717) is 18.7 Å². The van der Waals surface area contributed by atoms with E-state index in [-0.39, 0.29) is 18.3 Å². The van der Waals surface area contributed by atoms with Crippen LogP contribution in [0, 0.1) is 5.82 Å². The van der Waals surface area contributed by atoms with Crippen LogP contribution < -0.4 is 10.6 Å². The second-order valence-electron chi connectivity index (χ2n) is 4.47. The van der Waals surface area contributed by atoms with Crippen LogP contribution in [0.15, 0.2) is 18.2 Å². The Labute approximate surface area is 107 Å². The average molecular weight is 253 g/mol. The third-order valence-electron chi connectivity index (χ3n) is 2.42. The topological polar surface area (TPSA) is 44.4 Å². The molecule has 0 bridgehead atoms.